The van der Waals surface area contributed by atoms with E-state index >= 15 is 0 Å². The van der Waals surface area contributed by atoms with Crippen molar-refractivity contribution in [2.24, 2.45) is 5.16 Å². The van der Waals surface area contributed by atoms with Crippen molar-refractivity contribution in [3.05, 3.63) is 94.5 Å². The second-order valence-corrected chi connectivity index (χ2v) is 11.2. The van der Waals surface area contributed by atoms with Crippen molar-refractivity contribution in [2.75, 3.05) is 0 Å². The Morgan fingerprint density at radius 1 is 0.675 bits per heavy atom. The zero-order valence-electron chi connectivity index (χ0n) is 24.6. The third-order valence-electron chi connectivity index (χ3n) is 8.30. The van der Waals surface area contributed by atoms with Gasteiger partial charge in [-0.1, -0.05) is 125 Å². The van der Waals surface area contributed by atoms with Gasteiger partial charge in [0.05, 0.1) is 5.71 Å². The lowest BCUT2D eigenvalue weighted by molar-refractivity contribution is -0.140. The third kappa shape index (κ3) is 6.43. The number of carbonyl (C=O) groups excluding carboxylic acids is 2. The third-order valence-corrected chi connectivity index (χ3v) is 8.30. The molecule has 0 radical (unpaired) electrons. The minimum atomic E-state index is -0.426. The topological polar surface area (TPSA) is 55.7 Å². The molecule has 0 spiro atoms. The summed E-state index contributed by atoms with van der Waals surface area (Å²) in [5.41, 5.74) is 8.00. The summed E-state index contributed by atoms with van der Waals surface area (Å²) in [4.78, 5) is 29.9. The number of hydrogen-bond acceptors (Lipinski definition) is 4. The first kappa shape index (κ1) is 29.5. The van der Waals surface area contributed by atoms with E-state index in [0.29, 0.717) is 11.3 Å². The van der Waals surface area contributed by atoms with Gasteiger partial charge in [-0.15, -0.1) is 0 Å². The number of nitrogens with zero attached hydrogens (tertiary/aromatic N) is 1. The summed E-state index contributed by atoms with van der Waals surface area (Å²) in [5, 5.41) is 4.08. The van der Waals surface area contributed by atoms with Crippen molar-refractivity contribution in [3.8, 4) is 11.1 Å². The summed E-state index contributed by atoms with van der Waals surface area (Å²) in [5.74, 6) is -0.361. The summed E-state index contributed by atoms with van der Waals surface area (Å²) in [7, 11) is 0. The summed E-state index contributed by atoms with van der Waals surface area (Å²) < 4.78 is 0. The van der Waals surface area contributed by atoms with Crippen LogP contribution in [0.1, 0.15) is 125 Å². The predicted octanol–water partition coefficient (Wildman–Crippen LogP) is 9.41. The Morgan fingerprint density at radius 3 is 1.77 bits per heavy atom. The first-order valence-electron chi connectivity index (χ1n) is 15.0. The Kier molecular flexibility index (Phi) is 10.1. The number of hydrogen-bond donors (Lipinski definition) is 0. The van der Waals surface area contributed by atoms with Crippen LogP contribution in [0.25, 0.3) is 11.1 Å². The van der Waals surface area contributed by atoms with E-state index in [1.54, 1.807) is 0 Å². The normalized spacial score (nSPS) is 13.6. The van der Waals surface area contributed by atoms with Crippen LogP contribution in [-0.2, 0) is 15.0 Å². The molecular weight excluding hydrogens is 494 g/mol. The summed E-state index contributed by atoms with van der Waals surface area (Å²) in [6.07, 6.45) is 11.6. The quantitative estimate of drug-likeness (QED) is 0.0676. The van der Waals surface area contributed by atoms with Gasteiger partial charge in [0.25, 0.3) is 0 Å². The lowest BCUT2D eigenvalue weighted by Crippen LogP contribution is -2.26. The van der Waals surface area contributed by atoms with Crippen LogP contribution in [0, 0.1) is 0 Å². The van der Waals surface area contributed by atoms with Gasteiger partial charge >= 0.3 is 5.97 Å². The van der Waals surface area contributed by atoms with E-state index in [9.17, 15) is 9.59 Å². The van der Waals surface area contributed by atoms with E-state index in [0.717, 1.165) is 36.8 Å². The molecule has 40 heavy (non-hydrogen) atoms. The van der Waals surface area contributed by atoms with E-state index in [-0.39, 0.29) is 11.2 Å². The van der Waals surface area contributed by atoms with Crippen molar-refractivity contribution in [1.82, 2.24) is 0 Å². The number of oxime groups is 1. The highest BCUT2D eigenvalue weighted by Crippen LogP contribution is 2.54. The Balaban J connectivity index is 1.84. The second-order valence-electron chi connectivity index (χ2n) is 11.2. The lowest BCUT2D eigenvalue weighted by Gasteiger charge is -2.33. The number of ketones is 1. The van der Waals surface area contributed by atoms with Gasteiger partial charge < -0.3 is 4.84 Å². The van der Waals surface area contributed by atoms with Crippen molar-refractivity contribution >= 4 is 17.5 Å². The molecule has 0 bridgehead atoms. The van der Waals surface area contributed by atoms with Gasteiger partial charge in [-0.25, -0.2) is 4.79 Å². The van der Waals surface area contributed by atoms with Crippen LogP contribution in [0.4, 0.5) is 0 Å². The van der Waals surface area contributed by atoms with E-state index in [2.05, 4.69) is 49.3 Å². The molecule has 3 aromatic carbocycles. The molecule has 0 fully saturated rings. The van der Waals surface area contributed by atoms with Crippen molar-refractivity contribution in [1.29, 1.82) is 0 Å². The van der Waals surface area contributed by atoms with Gasteiger partial charge in [0.2, 0.25) is 0 Å². The minimum absolute atomic E-state index is 0.0651. The molecule has 0 amide bonds. The maximum absolute atomic E-state index is 13.5. The second kappa shape index (κ2) is 13.7. The first-order valence-corrected chi connectivity index (χ1v) is 15.0. The molecule has 0 saturated carbocycles. The van der Waals surface area contributed by atoms with E-state index in [1.165, 1.54) is 67.7 Å². The molecule has 0 unspecified atom stereocenters. The Labute approximate surface area is 239 Å². The predicted molar refractivity (Wildman–Crippen MR) is 164 cm³/mol. The van der Waals surface area contributed by atoms with E-state index in [4.69, 9.17) is 4.84 Å². The number of carbonyl (C=O) groups is 2. The van der Waals surface area contributed by atoms with Gasteiger partial charge in [0.1, 0.15) is 0 Å². The molecule has 4 nitrogen and oxygen atoms in total. The van der Waals surface area contributed by atoms with Crippen LogP contribution < -0.4 is 0 Å². The molecular formula is C36H43NO3. The monoisotopic (exact) mass is 537 g/mol. The summed E-state index contributed by atoms with van der Waals surface area (Å²) in [6, 6.07) is 22.4. The molecule has 210 valence electrons. The number of fused-ring (bicyclic) bond motifs is 3. The van der Waals surface area contributed by atoms with Crippen LogP contribution in [0.2, 0.25) is 0 Å². The zero-order valence-corrected chi connectivity index (χ0v) is 24.6. The fourth-order valence-electron chi connectivity index (χ4n) is 6.17. The molecule has 3 aromatic rings. The highest BCUT2D eigenvalue weighted by Gasteiger charge is 2.42. The maximum atomic E-state index is 13.5. The van der Waals surface area contributed by atoms with Gasteiger partial charge in [0, 0.05) is 23.5 Å². The molecule has 0 heterocycles. The standard InChI is InChI=1S/C36H43NO3/c1-5-7-9-14-22-36(23-15-10-8-6-2)33-24-29(26(3)37-40-27(4)38)18-20-31(33)32-21-19-30(25-34(32)36)35(39)28-16-12-11-13-17-28/h11-13,16-21,24-25H,5-10,14-15,22-23H2,1-4H3/b37-26-. The molecule has 1 aliphatic rings. The molecule has 0 N–H and O–H groups in total. The Morgan fingerprint density at radius 2 is 1.23 bits per heavy atom. The zero-order chi connectivity index (χ0) is 28.5. The Bertz CT molecular complexity index is 1340. The first-order chi connectivity index (χ1) is 19.4. The maximum Gasteiger partial charge on any atom is 0.331 e. The molecule has 0 aromatic heterocycles. The minimum Gasteiger partial charge on any atom is -0.318 e. The van der Waals surface area contributed by atoms with Crippen LogP contribution in [0.5, 0.6) is 0 Å². The van der Waals surface area contributed by atoms with Crippen LogP contribution >= 0.6 is 0 Å². The lowest BCUT2D eigenvalue weighted by atomic mass is 9.70. The number of rotatable bonds is 14. The number of benzene rings is 3. The van der Waals surface area contributed by atoms with Crippen LogP contribution in [0.3, 0.4) is 0 Å². The number of unbranched alkanes of at least 4 members (excludes halogenated alkanes) is 6. The van der Waals surface area contributed by atoms with Gasteiger partial charge in [0.15, 0.2) is 5.78 Å². The Hall–Kier alpha value is -3.53. The van der Waals surface area contributed by atoms with Gasteiger partial charge in [-0.2, -0.15) is 0 Å². The van der Waals surface area contributed by atoms with Crippen LogP contribution in [0.15, 0.2) is 71.9 Å². The molecule has 0 saturated heterocycles. The van der Waals surface area contributed by atoms with Crippen molar-refractivity contribution < 1.29 is 14.4 Å². The van der Waals surface area contributed by atoms with E-state index < -0.39 is 5.97 Å². The molecule has 0 aliphatic heterocycles. The van der Waals surface area contributed by atoms with Crippen molar-refractivity contribution in [3.63, 3.8) is 0 Å². The van der Waals surface area contributed by atoms with E-state index in [1.807, 2.05) is 43.3 Å². The molecule has 4 heteroatoms. The molecule has 1 aliphatic carbocycles. The molecule has 4 rings (SSSR count). The van der Waals surface area contributed by atoms with Crippen molar-refractivity contribution in [2.45, 2.75) is 97.3 Å². The highest BCUT2D eigenvalue weighted by atomic mass is 16.7. The summed E-state index contributed by atoms with van der Waals surface area (Å²) >= 11 is 0. The average molecular weight is 538 g/mol. The van der Waals surface area contributed by atoms with Crippen LogP contribution in [-0.4, -0.2) is 17.5 Å². The fourth-order valence-corrected chi connectivity index (χ4v) is 6.17. The fraction of sp³-hybridized carbons (Fsp3) is 0.417. The smallest absolute Gasteiger partial charge is 0.318 e. The van der Waals surface area contributed by atoms with Gasteiger partial charge in [-0.05, 0) is 59.7 Å². The highest BCUT2D eigenvalue weighted by molar-refractivity contribution is 6.09. The summed E-state index contributed by atoms with van der Waals surface area (Å²) in [6.45, 7) is 7.74. The average Bonchev–Trinajstić information content (AvgIpc) is 3.24. The van der Waals surface area contributed by atoms with Gasteiger partial charge in [-0.3, -0.25) is 4.79 Å². The molecule has 0 atom stereocenters. The largest absolute Gasteiger partial charge is 0.331 e. The SMILES string of the molecule is CCCCCCC1(CCCCCC)c2cc(C(=O)c3ccccc3)ccc2-c2ccc(/C(C)=N\OC(C)=O)cc21.